The predicted molar refractivity (Wildman–Crippen MR) is 68.0 cm³/mol. The zero-order chi connectivity index (χ0) is 11.4. The van der Waals surface area contributed by atoms with Crippen molar-refractivity contribution >= 4 is 0 Å². The van der Waals surface area contributed by atoms with Gasteiger partial charge in [-0.25, -0.2) is 0 Å². The molecule has 2 heteroatoms. The zero-order valence-corrected chi connectivity index (χ0v) is 10.4. The van der Waals surface area contributed by atoms with Crippen LogP contribution >= 0.6 is 0 Å². The average Bonchev–Trinajstić information content (AvgIpc) is 2.24. The maximum atomic E-state index is 5.33. The first-order chi connectivity index (χ1) is 7.35. The van der Waals surface area contributed by atoms with Crippen molar-refractivity contribution in [3.05, 3.63) is 0 Å². The minimum atomic E-state index is 0.810. The van der Waals surface area contributed by atoms with Crippen molar-refractivity contribution in [2.75, 3.05) is 33.2 Å². The Morgan fingerprint density at radius 1 is 1.13 bits per heavy atom. The van der Waals surface area contributed by atoms with Crippen LogP contribution in [0, 0.1) is 12.3 Å². The van der Waals surface area contributed by atoms with Gasteiger partial charge in [0, 0.05) is 0 Å². The highest BCUT2D eigenvalue weighted by Crippen LogP contribution is 2.01. The molecule has 0 atom stereocenters. The molecule has 0 amide bonds. The molecule has 0 heterocycles. The van der Waals surface area contributed by atoms with Crippen LogP contribution in [-0.4, -0.2) is 38.1 Å². The van der Waals surface area contributed by atoms with Crippen LogP contribution in [0.4, 0.5) is 0 Å². The van der Waals surface area contributed by atoms with Gasteiger partial charge in [0.2, 0.25) is 0 Å². The van der Waals surface area contributed by atoms with Crippen molar-refractivity contribution in [1.82, 2.24) is 10.2 Å². The summed E-state index contributed by atoms with van der Waals surface area (Å²) in [6.07, 6.45) is 11.8. The van der Waals surface area contributed by atoms with E-state index in [1.54, 1.807) is 0 Å². The first-order valence-electron chi connectivity index (χ1n) is 6.15. The number of nitrogens with one attached hydrogen (secondary N) is 1. The SMILES string of the molecule is C#CCN(CCC)CCCCCCNC. The first kappa shape index (κ1) is 14.5. The predicted octanol–water partition coefficient (Wildman–Crippen LogP) is 2.11. The van der Waals surface area contributed by atoms with Gasteiger partial charge in [0.05, 0.1) is 6.54 Å². The third kappa shape index (κ3) is 9.78. The van der Waals surface area contributed by atoms with Crippen molar-refractivity contribution in [2.24, 2.45) is 0 Å². The second kappa shape index (κ2) is 11.6. The van der Waals surface area contributed by atoms with E-state index in [2.05, 4.69) is 23.1 Å². The summed E-state index contributed by atoms with van der Waals surface area (Å²) in [5.74, 6) is 2.73. The van der Waals surface area contributed by atoms with Crippen molar-refractivity contribution < 1.29 is 0 Å². The molecule has 0 spiro atoms. The van der Waals surface area contributed by atoms with Gasteiger partial charge in [0.25, 0.3) is 0 Å². The molecule has 0 fully saturated rings. The van der Waals surface area contributed by atoms with Gasteiger partial charge in [-0.2, -0.15) is 0 Å². The summed E-state index contributed by atoms with van der Waals surface area (Å²) in [4.78, 5) is 2.37. The molecule has 0 aromatic heterocycles. The van der Waals surface area contributed by atoms with Crippen LogP contribution in [0.1, 0.15) is 39.0 Å². The fourth-order valence-electron chi connectivity index (χ4n) is 1.71. The van der Waals surface area contributed by atoms with Crippen molar-refractivity contribution in [2.45, 2.75) is 39.0 Å². The van der Waals surface area contributed by atoms with E-state index >= 15 is 0 Å². The van der Waals surface area contributed by atoms with Crippen molar-refractivity contribution in [1.29, 1.82) is 0 Å². The molecule has 88 valence electrons. The minimum absolute atomic E-state index is 0.810. The molecule has 0 aromatic carbocycles. The van der Waals surface area contributed by atoms with Gasteiger partial charge in [-0.05, 0) is 45.9 Å². The Morgan fingerprint density at radius 3 is 2.47 bits per heavy atom. The normalized spacial score (nSPS) is 10.5. The molecule has 15 heavy (non-hydrogen) atoms. The third-order valence-corrected chi connectivity index (χ3v) is 2.51. The second-order valence-electron chi connectivity index (χ2n) is 4.00. The van der Waals surface area contributed by atoms with Crippen LogP contribution in [0.25, 0.3) is 0 Å². The molecule has 0 bridgehead atoms. The van der Waals surface area contributed by atoms with E-state index in [4.69, 9.17) is 6.42 Å². The molecule has 0 rings (SSSR count). The maximum Gasteiger partial charge on any atom is 0.0598 e. The van der Waals surface area contributed by atoms with Gasteiger partial charge in [0.15, 0.2) is 0 Å². The number of terminal acetylenes is 1. The smallest absolute Gasteiger partial charge is 0.0598 e. The molecule has 0 saturated carbocycles. The standard InChI is InChI=1S/C13H26N2/c1-4-11-15(12-5-2)13-9-7-6-8-10-14-3/h1,14H,5-13H2,2-3H3. The molecule has 0 radical (unpaired) electrons. The lowest BCUT2D eigenvalue weighted by Crippen LogP contribution is -2.26. The lowest BCUT2D eigenvalue weighted by Gasteiger charge is -2.18. The Bertz CT molecular complexity index is 160. The van der Waals surface area contributed by atoms with Crippen molar-refractivity contribution in [3.8, 4) is 12.3 Å². The number of rotatable bonds is 10. The molecule has 0 unspecified atom stereocenters. The van der Waals surface area contributed by atoms with Gasteiger partial charge in [-0.1, -0.05) is 25.7 Å². The molecule has 0 saturated heterocycles. The van der Waals surface area contributed by atoms with Crippen LogP contribution < -0.4 is 5.32 Å². The second-order valence-corrected chi connectivity index (χ2v) is 4.00. The molecule has 2 nitrogen and oxygen atoms in total. The highest BCUT2D eigenvalue weighted by Gasteiger charge is 2.00. The summed E-state index contributed by atoms with van der Waals surface area (Å²) in [6.45, 7) is 6.46. The zero-order valence-electron chi connectivity index (χ0n) is 10.4. The van der Waals surface area contributed by atoms with E-state index in [0.717, 1.165) is 26.2 Å². The minimum Gasteiger partial charge on any atom is -0.320 e. The number of unbranched alkanes of at least 4 members (excludes halogenated alkanes) is 3. The van der Waals surface area contributed by atoms with Gasteiger partial charge < -0.3 is 5.32 Å². The Hall–Kier alpha value is -0.520. The Morgan fingerprint density at radius 2 is 1.87 bits per heavy atom. The van der Waals surface area contributed by atoms with E-state index in [0.29, 0.717) is 0 Å². The van der Waals surface area contributed by atoms with Crippen molar-refractivity contribution in [3.63, 3.8) is 0 Å². The lowest BCUT2D eigenvalue weighted by atomic mass is 10.2. The van der Waals surface area contributed by atoms with E-state index in [9.17, 15) is 0 Å². The Balaban J connectivity index is 3.33. The van der Waals surface area contributed by atoms with Gasteiger partial charge in [0.1, 0.15) is 0 Å². The first-order valence-corrected chi connectivity index (χ1v) is 6.15. The fraction of sp³-hybridized carbons (Fsp3) is 0.846. The highest BCUT2D eigenvalue weighted by molar-refractivity contribution is 4.87. The molecular formula is C13H26N2. The van der Waals surface area contributed by atoms with Gasteiger partial charge >= 0.3 is 0 Å². The fourth-order valence-corrected chi connectivity index (χ4v) is 1.71. The quantitative estimate of drug-likeness (QED) is 0.439. The van der Waals surface area contributed by atoms with Crippen LogP contribution in [-0.2, 0) is 0 Å². The third-order valence-electron chi connectivity index (χ3n) is 2.51. The Kier molecular flexibility index (Phi) is 11.2. The topological polar surface area (TPSA) is 15.3 Å². The molecule has 0 aliphatic heterocycles. The summed E-state index contributed by atoms with van der Waals surface area (Å²) in [5, 5.41) is 3.17. The lowest BCUT2D eigenvalue weighted by molar-refractivity contribution is 0.299. The van der Waals surface area contributed by atoms with Crippen LogP contribution in [0.15, 0.2) is 0 Å². The molecule has 0 aromatic rings. The number of nitrogens with zero attached hydrogens (tertiary/aromatic N) is 1. The van der Waals surface area contributed by atoms with Crippen LogP contribution in [0.5, 0.6) is 0 Å². The van der Waals surface area contributed by atoms with E-state index < -0.39 is 0 Å². The van der Waals surface area contributed by atoms with Gasteiger partial charge in [-0.15, -0.1) is 6.42 Å². The molecular weight excluding hydrogens is 184 g/mol. The van der Waals surface area contributed by atoms with Gasteiger partial charge in [-0.3, -0.25) is 4.90 Å². The van der Waals surface area contributed by atoms with Crippen LogP contribution in [0.2, 0.25) is 0 Å². The molecule has 0 aliphatic rings. The summed E-state index contributed by atoms with van der Waals surface area (Å²) in [6, 6.07) is 0. The highest BCUT2D eigenvalue weighted by atomic mass is 15.1. The largest absolute Gasteiger partial charge is 0.320 e. The summed E-state index contributed by atoms with van der Waals surface area (Å²) in [5.41, 5.74) is 0. The molecule has 0 aliphatic carbocycles. The summed E-state index contributed by atoms with van der Waals surface area (Å²) in [7, 11) is 2.01. The number of hydrogen-bond donors (Lipinski definition) is 1. The monoisotopic (exact) mass is 210 g/mol. The Labute approximate surface area is 95.4 Å². The summed E-state index contributed by atoms with van der Waals surface area (Å²) < 4.78 is 0. The van der Waals surface area contributed by atoms with E-state index in [1.165, 1.54) is 32.1 Å². The summed E-state index contributed by atoms with van der Waals surface area (Å²) >= 11 is 0. The number of hydrogen-bond acceptors (Lipinski definition) is 2. The molecule has 1 N–H and O–H groups in total. The van der Waals surface area contributed by atoms with E-state index in [-0.39, 0.29) is 0 Å². The van der Waals surface area contributed by atoms with E-state index in [1.807, 2.05) is 7.05 Å². The average molecular weight is 210 g/mol. The maximum absolute atomic E-state index is 5.33. The van der Waals surface area contributed by atoms with Crippen LogP contribution in [0.3, 0.4) is 0 Å².